The van der Waals surface area contributed by atoms with Gasteiger partial charge in [0, 0.05) is 6.42 Å². The lowest BCUT2D eigenvalue weighted by Crippen LogP contribution is -2.47. The van der Waals surface area contributed by atoms with Gasteiger partial charge in [-0.1, -0.05) is 6.07 Å². The lowest BCUT2D eigenvalue weighted by molar-refractivity contribution is -0.133. The highest BCUT2D eigenvalue weighted by molar-refractivity contribution is 6.01. The summed E-state index contributed by atoms with van der Waals surface area (Å²) in [5, 5.41) is 5.18. The summed E-state index contributed by atoms with van der Waals surface area (Å²) in [4.78, 5) is 25.2. The predicted octanol–water partition coefficient (Wildman–Crippen LogP) is 1.85. The van der Waals surface area contributed by atoms with E-state index >= 15 is 0 Å². The van der Waals surface area contributed by atoms with Gasteiger partial charge in [0.2, 0.25) is 11.8 Å². The van der Waals surface area contributed by atoms with E-state index in [4.69, 9.17) is 0 Å². The summed E-state index contributed by atoms with van der Waals surface area (Å²) >= 11 is 0. The summed E-state index contributed by atoms with van der Waals surface area (Å²) in [5.74, 6) is -0.609. The van der Waals surface area contributed by atoms with Crippen molar-refractivity contribution in [1.82, 2.24) is 10.2 Å². The topological polar surface area (TPSA) is 61.4 Å². The van der Waals surface area contributed by atoms with Crippen LogP contribution in [0.1, 0.15) is 37.2 Å². The molecule has 1 aromatic rings. The first-order valence-corrected chi connectivity index (χ1v) is 8.11. The average Bonchev–Trinajstić information content (AvgIpc) is 2.52. The van der Waals surface area contributed by atoms with E-state index in [-0.39, 0.29) is 24.1 Å². The molecule has 2 N–H and O–H groups in total. The first-order chi connectivity index (χ1) is 11.0. The second-order valence-corrected chi connectivity index (χ2v) is 6.46. The van der Waals surface area contributed by atoms with Crippen LogP contribution in [0.3, 0.4) is 0 Å². The number of rotatable bonds is 3. The SMILES string of the molecule is CN1CCC(c2ccc(NC3CCC(=O)NC3=O)c(F)c2)CC1. The number of nitrogens with zero attached hydrogens (tertiary/aromatic N) is 1. The van der Waals surface area contributed by atoms with Crippen LogP contribution in [-0.4, -0.2) is 42.9 Å². The number of halogens is 1. The van der Waals surface area contributed by atoms with Gasteiger partial charge in [0.1, 0.15) is 11.9 Å². The second-order valence-electron chi connectivity index (χ2n) is 6.46. The van der Waals surface area contributed by atoms with E-state index < -0.39 is 6.04 Å². The van der Waals surface area contributed by atoms with Gasteiger partial charge in [-0.2, -0.15) is 0 Å². The number of benzene rings is 1. The van der Waals surface area contributed by atoms with Gasteiger partial charge in [0.05, 0.1) is 5.69 Å². The molecule has 0 aromatic heterocycles. The number of imide groups is 1. The van der Waals surface area contributed by atoms with Crippen molar-refractivity contribution in [2.75, 3.05) is 25.5 Å². The fourth-order valence-corrected chi connectivity index (χ4v) is 3.26. The predicted molar refractivity (Wildman–Crippen MR) is 85.7 cm³/mol. The van der Waals surface area contributed by atoms with Gasteiger partial charge >= 0.3 is 0 Å². The van der Waals surface area contributed by atoms with Crippen LogP contribution in [0, 0.1) is 5.82 Å². The van der Waals surface area contributed by atoms with E-state index in [0.29, 0.717) is 18.0 Å². The minimum atomic E-state index is -0.559. The van der Waals surface area contributed by atoms with Gasteiger partial charge in [0.25, 0.3) is 0 Å². The number of hydrogen-bond acceptors (Lipinski definition) is 4. The molecule has 2 aliphatic heterocycles. The van der Waals surface area contributed by atoms with Gasteiger partial charge in [-0.25, -0.2) is 4.39 Å². The Kier molecular flexibility index (Phi) is 4.61. The lowest BCUT2D eigenvalue weighted by atomic mass is 9.89. The molecule has 2 amide bonds. The summed E-state index contributed by atoms with van der Waals surface area (Å²) < 4.78 is 14.4. The third-order valence-electron chi connectivity index (χ3n) is 4.75. The van der Waals surface area contributed by atoms with Crippen molar-refractivity contribution in [3.05, 3.63) is 29.6 Å². The van der Waals surface area contributed by atoms with Crippen LogP contribution in [0.25, 0.3) is 0 Å². The molecule has 23 heavy (non-hydrogen) atoms. The Balaban J connectivity index is 1.67. The molecule has 1 unspecified atom stereocenters. The maximum atomic E-state index is 14.4. The number of amides is 2. The molecule has 1 atom stereocenters. The van der Waals surface area contributed by atoms with Crippen molar-refractivity contribution < 1.29 is 14.0 Å². The Morgan fingerprint density at radius 3 is 2.61 bits per heavy atom. The lowest BCUT2D eigenvalue weighted by Gasteiger charge is -2.29. The standard InChI is InChI=1S/C17H22FN3O2/c1-21-8-6-11(7-9-21)12-2-3-14(13(18)10-12)19-15-4-5-16(22)20-17(15)23/h2-3,10-11,15,19H,4-9H2,1H3,(H,20,22,23). The molecule has 0 spiro atoms. The van der Waals surface area contributed by atoms with Gasteiger partial charge in [-0.05, 0) is 63.0 Å². The summed E-state index contributed by atoms with van der Waals surface area (Å²) in [5.41, 5.74) is 1.33. The van der Waals surface area contributed by atoms with Crippen LogP contribution in [0.4, 0.5) is 10.1 Å². The van der Waals surface area contributed by atoms with Crippen molar-refractivity contribution in [2.45, 2.75) is 37.6 Å². The highest BCUT2D eigenvalue weighted by atomic mass is 19.1. The number of carbonyl (C=O) groups is 2. The van der Waals surface area contributed by atoms with Crippen molar-refractivity contribution >= 4 is 17.5 Å². The highest BCUT2D eigenvalue weighted by Gasteiger charge is 2.27. The minimum Gasteiger partial charge on any atom is -0.371 e. The van der Waals surface area contributed by atoms with E-state index in [1.54, 1.807) is 12.1 Å². The molecule has 1 aromatic carbocycles. The first kappa shape index (κ1) is 15.9. The summed E-state index contributed by atoms with van der Waals surface area (Å²) in [6, 6.07) is 4.65. The summed E-state index contributed by atoms with van der Waals surface area (Å²) in [6.07, 6.45) is 2.74. The van der Waals surface area contributed by atoms with Crippen molar-refractivity contribution in [3.63, 3.8) is 0 Å². The van der Waals surface area contributed by atoms with Gasteiger partial charge in [-0.15, -0.1) is 0 Å². The maximum absolute atomic E-state index is 14.4. The molecule has 2 heterocycles. The highest BCUT2D eigenvalue weighted by Crippen LogP contribution is 2.30. The first-order valence-electron chi connectivity index (χ1n) is 8.11. The molecule has 6 heteroatoms. The number of piperidine rings is 2. The zero-order valence-corrected chi connectivity index (χ0v) is 13.3. The maximum Gasteiger partial charge on any atom is 0.249 e. The summed E-state index contributed by atoms with van der Waals surface area (Å²) in [7, 11) is 2.10. The molecule has 3 rings (SSSR count). The van der Waals surface area contributed by atoms with Crippen molar-refractivity contribution in [3.8, 4) is 0 Å². The van der Waals surface area contributed by atoms with E-state index in [0.717, 1.165) is 31.5 Å². The summed E-state index contributed by atoms with van der Waals surface area (Å²) in [6.45, 7) is 2.06. The fraction of sp³-hybridized carbons (Fsp3) is 0.529. The van der Waals surface area contributed by atoms with Crippen LogP contribution < -0.4 is 10.6 Å². The van der Waals surface area contributed by atoms with Crippen LogP contribution in [0.15, 0.2) is 18.2 Å². The zero-order valence-electron chi connectivity index (χ0n) is 13.3. The van der Waals surface area contributed by atoms with E-state index in [1.165, 1.54) is 0 Å². The Hall–Kier alpha value is -1.95. The number of nitrogens with one attached hydrogen (secondary N) is 2. The molecule has 0 radical (unpaired) electrons. The van der Waals surface area contributed by atoms with Gasteiger partial charge in [-0.3, -0.25) is 14.9 Å². The van der Waals surface area contributed by atoms with Gasteiger partial charge in [0.15, 0.2) is 0 Å². The molecule has 5 nitrogen and oxygen atoms in total. The Bertz CT molecular complexity index is 612. The van der Waals surface area contributed by atoms with Crippen LogP contribution in [0.5, 0.6) is 0 Å². The van der Waals surface area contributed by atoms with Crippen molar-refractivity contribution in [2.24, 2.45) is 0 Å². The van der Waals surface area contributed by atoms with Gasteiger partial charge < -0.3 is 10.2 Å². The second kappa shape index (κ2) is 6.66. The fourth-order valence-electron chi connectivity index (χ4n) is 3.26. The normalized spacial score (nSPS) is 23.7. The molecular weight excluding hydrogens is 297 g/mol. The van der Waals surface area contributed by atoms with Crippen LogP contribution in [0.2, 0.25) is 0 Å². The third kappa shape index (κ3) is 3.69. The van der Waals surface area contributed by atoms with Crippen LogP contribution in [-0.2, 0) is 9.59 Å². The number of hydrogen-bond donors (Lipinski definition) is 2. The molecule has 124 valence electrons. The Morgan fingerprint density at radius 2 is 1.96 bits per heavy atom. The molecule has 0 saturated carbocycles. The quantitative estimate of drug-likeness (QED) is 0.835. The molecule has 2 aliphatic rings. The average molecular weight is 319 g/mol. The van der Waals surface area contributed by atoms with E-state index in [2.05, 4.69) is 22.6 Å². The van der Waals surface area contributed by atoms with Crippen LogP contribution >= 0.6 is 0 Å². The monoisotopic (exact) mass is 319 g/mol. The zero-order chi connectivity index (χ0) is 16.4. The van der Waals surface area contributed by atoms with Crippen molar-refractivity contribution in [1.29, 1.82) is 0 Å². The minimum absolute atomic E-state index is 0.272. The Morgan fingerprint density at radius 1 is 1.22 bits per heavy atom. The number of likely N-dealkylation sites (tertiary alicyclic amines) is 1. The largest absolute Gasteiger partial charge is 0.371 e. The molecule has 0 aliphatic carbocycles. The number of carbonyl (C=O) groups excluding carboxylic acids is 2. The van der Waals surface area contributed by atoms with E-state index in [9.17, 15) is 14.0 Å². The smallest absolute Gasteiger partial charge is 0.249 e. The molecule has 2 fully saturated rings. The Labute approximate surface area is 135 Å². The molecule has 0 bridgehead atoms. The number of anilines is 1. The molecular formula is C17H22FN3O2. The molecule has 2 saturated heterocycles. The third-order valence-corrected chi connectivity index (χ3v) is 4.75. The van der Waals surface area contributed by atoms with E-state index in [1.807, 2.05) is 6.07 Å².